The van der Waals surface area contributed by atoms with Crippen molar-refractivity contribution >= 4 is 59.1 Å². The molecule has 0 bridgehead atoms. The average molecular weight is 458 g/mol. The molecule has 2 heterocycles. The first-order chi connectivity index (χ1) is 8.41. The maximum absolute atomic E-state index is 6.36. The van der Waals surface area contributed by atoms with E-state index in [1.807, 2.05) is 10.7 Å². The second-order valence-electron chi connectivity index (χ2n) is 4.16. The summed E-state index contributed by atoms with van der Waals surface area (Å²) in [6.07, 6.45) is 1.80. The summed E-state index contributed by atoms with van der Waals surface area (Å²) in [5.41, 5.74) is 7.37. The number of hydrogen-bond acceptors (Lipinski definition) is 3. The molecule has 0 spiro atoms. The van der Waals surface area contributed by atoms with Crippen molar-refractivity contribution in [3.05, 3.63) is 35.6 Å². The van der Waals surface area contributed by atoms with E-state index in [9.17, 15) is 0 Å². The minimum absolute atomic E-state index is 0.183. The van der Waals surface area contributed by atoms with E-state index in [1.165, 1.54) is 0 Å². The molecule has 0 aliphatic carbocycles. The fourth-order valence-corrected chi connectivity index (χ4v) is 4.32. The number of hydrogen-bond donors (Lipinski definition) is 1. The van der Waals surface area contributed by atoms with Crippen LogP contribution in [0.2, 0.25) is 0 Å². The summed E-state index contributed by atoms with van der Waals surface area (Å²) in [5.74, 6) is 0. The van der Waals surface area contributed by atoms with Crippen LogP contribution >= 0.6 is 59.1 Å². The highest BCUT2D eigenvalue weighted by molar-refractivity contribution is 9.13. The molecule has 2 aromatic heterocycles. The fraction of sp³-hybridized carbons (Fsp3) is 0.364. The molecule has 3 nitrogen and oxygen atoms in total. The van der Waals surface area contributed by atoms with E-state index in [2.05, 4.69) is 66.7 Å². The molecule has 0 aliphatic rings. The first-order valence-electron chi connectivity index (χ1n) is 5.35. The SMILES string of the molecule is CC(C)n1ncc(Br)c1C(N)c1cc(Br)c(Br)s1. The number of rotatable bonds is 3. The van der Waals surface area contributed by atoms with Gasteiger partial charge in [0.25, 0.3) is 0 Å². The van der Waals surface area contributed by atoms with Gasteiger partial charge in [-0.15, -0.1) is 11.3 Å². The molecule has 2 N–H and O–H groups in total. The number of halogens is 3. The molecule has 0 aliphatic heterocycles. The second kappa shape index (κ2) is 5.75. The summed E-state index contributed by atoms with van der Waals surface area (Å²) in [7, 11) is 0. The van der Waals surface area contributed by atoms with Crippen LogP contribution in [0.5, 0.6) is 0 Å². The van der Waals surface area contributed by atoms with Gasteiger partial charge >= 0.3 is 0 Å². The van der Waals surface area contributed by atoms with E-state index >= 15 is 0 Å². The van der Waals surface area contributed by atoms with Crippen molar-refractivity contribution in [1.82, 2.24) is 9.78 Å². The first-order valence-corrected chi connectivity index (χ1v) is 8.54. The fourth-order valence-electron chi connectivity index (χ4n) is 1.70. The van der Waals surface area contributed by atoms with E-state index in [4.69, 9.17) is 5.73 Å². The van der Waals surface area contributed by atoms with Crippen LogP contribution in [0.25, 0.3) is 0 Å². The van der Waals surface area contributed by atoms with Crippen molar-refractivity contribution < 1.29 is 0 Å². The number of nitrogens with zero attached hydrogens (tertiary/aromatic N) is 2. The number of aromatic nitrogens is 2. The number of nitrogens with two attached hydrogens (primary N) is 1. The van der Waals surface area contributed by atoms with E-state index in [0.717, 1.165) is 23.3 Å². The Morgan fingerprint density at radius 2 is 1.94 bits per heavy atom. The van der Waals surface area contributed by atoms with Crippen LogP contribution in [0.15, 0.2) is 25.0 Å². The zero-order chi connectivity index (χ0) is 13.4. The van der Waals surface area contributed by atoms with Crippen molar-refractivity contribution in [3.63, 3.8) is 0 Å². The van der Waals surface area contributed by atoms with Crippen LogP contribution in [0.1, 0.15) is 36.5 Å². The van der Waals surface area contributed by atoms with Gasteiger partial charge in [0.05, 0.1) is 26.2 Å². The smallest absolute Gasteiger partial charge is 0.0843 e. The van der Waals surface area contributed by atoms with Gasteiger partial charge < -0.3 is 5.73 Å². The molecule has 2 rings (SSSR count). The normalized spacial score (nSPS) is 13.3. The van der Waals surface area contributed by atoms with Gasteiger partial charge in [-0.25, -0.2) is 0 Å². The Hall–Kier alpha value is 0.310. The predicted octanol–water partition coefficient (Wildman–Crippen LogP) is 4.86. The van der Waals surface area contributed by atoms with Crippen molar-refractivity contribution in [2.24, 2.45) is 5.73 Å². The summed E-state index contributed by atoms with van der Waals surface area (Å²) < 4.78 is 4.99. The van der Waals surface area contributed by atoms with Gasteiger partial charge in [0.1, 0.15) is 0 Å². The van der Waals surface area contributed by atoms with Gasteiger partial charge in [-0.3, -0.25) is 4.68 Å². The quantitative estimate of drug-likeness (QED) is 0.715. The summed E-state index contributed by atoms with van der Waals surface area (Å²) in [4.78, 5) is 1.09. The molecular weight excluding hydrogens is 446 g/mol. The maximum atomic E-state index is 6.36. The molecule has 0 amide bonds. The predicted molar refractivity (Wildman–Crippen MR) is 86.1 cm³/mol. The van der Waals surface area contributed by atoms with Gasteiger partial charge in [0, 0.05) is 15.4 Å². The minimum Gasteiger partial charge on any atom is -0.318 e. The van der Waals surface area contributed by atoms with Gasteiger partial charge in [0.2, 0.25) is 0 Å². The van der Waals surface area contributed by atoms with E-state index in [-0.39, 0.29) is 12.1 Å². The van der Waals surface area contributed by atoms with Crippen LogP contribution in [-0.2, 0) is 0 Å². The van der Waals surface area contributed by atoms with Crippen molar-refractivity contribution in [3.8, 4) is 0 Å². The minimum atomic E-state index is -0.183. The molecular formula is C11H12Br3N3S. The van der Waals surface area contributed by atoms with Crippen molar-refractivity contribution in [2.75, 3.05) is 0 Å². The standard InChI is InChI=1S/C11H12Br3N3S/c1-5(2)17-10(7(13)4-16-17)9(15)8-3-6(12)11(14)18-8/h3-5,9H,15H2,1-2H3. The Labute approximate surface area is 135 Å². The van der Waals surface area contributed by atoms with Gasteiger partial charge in [-0.1, -0.05) is 0 Å². The lowest BCUT2D eigenvalue weighted by atomic mass is 10.2. The Kier molecular flexibility index (Phi) is 4.70. The molecule has 2 aromatic rings. The zero-order valence-corrected chi connectivity index (χ0v) is 15.4. The van der Waals surface area contributed by atoms with E-state index < -0.39 is 0 Å². The molecule has 0 saturated heterocycles. The molecule has 0 radical (unpaired) electrons. The molecule has 1 atom stereocenters. The largest absolute Gasteiger partial charge is 0.318 e. The topological polar surface area (TPSA) is 43.8 Å². The van der Waals surface area contributed by atoms with Gasteiger partial charge in [0.15, 0.2) is 0 Å². The molecule has 7 heteroatoms. The molecule has 0 fully saturated rings. The summed E-state index contributed by atoms with van der Waals surface area (Å²) >= 11 is 12.1. The first kappa shape index (κ1) is 14.7. The lowest BCUT2D eigenvalue weighted by molar-refractivity contribution is 0.499. The highest BCUT2D eigenvalue weighted by Gasteiger charge is 2.22. The molecule has 0 saturated carbocycles. The van der Waals surface area contributed by atoms with Crippen LogP contribution in [0.3, 0.4) is 0 Å². The van der Waals surface area contributed by atoms with Gasteiger partial charge in [-0.05, 0) is 67.7 Å². The third kappa shape index (κ3) is 2.75. The summed E-state index contributed by atoms with van der Waals surface area (Å²) in [6.45, 7) is 4.19. The Morgan fingerprint density at radius 3 is 2.44 bits per heavy atom. The molecule has 18 heavy (non-hydrogen) atoms. The monoisotopic (exact) mass is 455 g/mol. The van der Waals surface area contributed by atoms with E-state index in [1.54, 1.807) is 17.5 Å². The Bertz CT molecular complexity index is 542. The summed E-state index contributed by atoms with van der Waals surface area (Å²) in [6, 6.07) is 2.14. The molecule has 0 aromatic carbocycles. The Balaban J connectivity index is 2.45. The second-order valence-corrected chi connectivity index (χ2v) is 8.27. The van der Waals surface area contributed by atoms with Crippen LogP contribution in [-0.4, -0.2) is 9.78 Å². The third-order valence-corrected chi connectivity index (χ3v) is 6.49. The molecule has 98 valence electrons. The zero-order valence-electron chi connectivity index (χ0n) is 9.82. The van der Waals surface area contributed by atoms with Crippen molar-refractivity contribution in [1.29, 1.82) is 0 Å². The van der Waals surface area contributed by atoms with Crippen LogP contribution in [0, 0.1) is 0 Å². The van der Waals surface area contributed by atoms with Crippen LogP contribution in [0.4, 0.5) is 0 Å². The highest BCUT2D eigenvalue weighted by Crippen LogP contribution is 2.38. The summed E-state index contributed by atoms with van der Waals surface area (Å²) in [5, 5.41) is 4.36. The number of thiophene rings is 1. The van der Waals surface area contributed by atoms with Gasteiger partial charge in [-0.2, -0.15) is 5.10 Å². The maximum Gasteiger partial charge on any atom is 0.0843 e. The average Bonchev–Trinajstić information content (AvgIpc) is 2.83. The lowest BCUT2D eigenvalue weighted by Crippen LogP contribution is -2.18. The van der Waals surface area contributed by atoms with E-state index in [0.29, 0.717) is 0 Å². The lowest BCUT2D eigenvalue weighted by Gasteiger charge is -2.16. The molecule has 1 unspecified atom stereocenters. The third-order valence-electron chi connectivity index (χ3n) is 2.54. The highest BCUT2D eigenvalue weighted by atomic mass is 79.9. The van der Waals surface area contributed by atoms with Crippen LogP contribution < -0.4 is 5.73 Å². The Morgan fingerprint density at radius 1 is 1.28 bits per heavy atom. The van der Waals surface area contributed by atoms with Crippen molar-refractivity contribution in [2.45, 2.75) is 25.9 Å².